The number of thiophene rings is 1. The van der Waals surface area contributed by atoms with Crippen molar-refractivity contribution >= 4 is 17.2 Å². The molecule has 108 valence electrons. The van der Waals surface area contributed by atoms with E-state index in [0.717, 1.165) is 10.4 Å². The summed E-state index contributed by atoms with van der Waals surface area (Å²) in [6.07, 6.45) is 0. The van der Waals surface area contributed by atoms with E-state index in [2.05, 4.69) is 17.2 Å². The Balaban J connectivity index is 2.06. The van der Waals surface area contributed by atoms with E-state index in [-0.39, 0.29) is 5.91 Å². The summed E-state index contributed by atoms with van der Waals surface area (Å²) in [5.41, 5.74) is 6.80. The highest BCUT2D eigenvalue weighted by atomic mass is 32.1. The first-order valence-corrected chi connectivity index (χ1v) is 7.30. The molecule has 0 radical (unpaired) electrons. The summed E-state index contributed by atoms with van der Waals surface area (Å²) in [6, 6.07) is 9.06. The molecule has 0 aliphatic carbocycles. The van der Waals surface area contributed by atoms with Crippen LogP contribution < -0.4 is 15.8 Å². The molecule has 0 bridgehead atoms. The summed E-state index contributed by atoms with van der Waals surface area (Å²) >= 11 is 1.56. The lowest BCUT2D eigenvalue weighted by Crippen LogP contribution is -2.23. The summed E-state index contributed by atoms with van der Waals surface area (Å²) in [5.74, 6) is 6.21. The third kappa shape index (κ3) is 3.85. The average Bonchev–Trinajstić information content (AvgIpc) is 2.97. The van der Waals surface area contributed by atoms with Gasteiger partial charge in [0.2, 0.25) is 0 Å². The molecule has 0 aliphatic rings. The van der Waals surface area contributed by atoms with Crippen LogP contribution in [0.5, 0.6) is 5.75 Å². The second-order valence-corrected chi connectivity index (χ2v) is 5.15. The van der Waals surface area contributed by atoms with Crippen LogP contribution in [-0.4, -0.2) is 19.6 Å². The second-order valence-electron chi connectivity index (χ2n) is 4.15. The molecule has 1 amide bonds. The molecule has 0 spiro atoms. The number of nitrogens with two attached hydrogens (primary N) is 1. The maximum Gasteiger partial charge on any atom is 0.255 e. The minimum absolute atomic E-state index is 0.168. The van der Waals surface area contributed by atoms with E-state index in [1.54, 1.807) is 36.6 Å². The van der Waals surface area contributed by atoms with Gasteiger partial charge in [-0.15, -0.1) is 11.3 Å². The molecule has 3 N–H and O–H groups in total. The lowest BCUT2D eigenvalue weighted by Gasteiger charge is -2.08. The smallest absolute Gasteiger partial charge is 0.255 e. The third-order valence-electron chi connectivity index (χ3n) is 2.83. The molecule has 0 saturated carbocycles. The molecule has 1 aromatic heterocycles. The Kier molecular flexibility index (Phi) is 5.38. The molecular weight excluding hydrogens is 284 g/mol. The Morgan fingerprint density at radius 3 is 2.95 bits per heavy atom. The fourth-order valence-corrected chi connectivity index (χ4v) is 2.59. The summed E-state index contributed by atoms with van der Waals surface area (Å²) in [7, 11) is 1.55. The van der Waals surface area contributed by atoms with E-state index in [9.17, 15) is 4.79 Å². The second kappa shape index (κ2) is 7.48. The third-order valence-corrected chi connectivity index (χ3v) is 3.75. The lowest BCUT2D eigenvalue weighted by atomic mass is 10.2. The van der Waals surface area contributed by atoms with E-state index in [0.29, 0.717) is 24.4 Å². The van der Waals surface area contributed by atoms with Crippen molar-refractivity contribution in [3.63, 3.8) is 0 Å². The molecule has 5 heteroatoms. The van der Waals surface area contributed by atoms with E-state index < -0.39 is 0 Å². The lowest BCUT2D eigenvalue weighted by molar-refractivity contribution is 0.0948. The number of amides is 1. The quantitative estimate of drug-likeness (QED) is 0.849. The molecule has 0 atom stereocenters. The number of ether oxygens (including phenoxy) is 1. The molecule has 0 aliphatic heterocycles. The number of nitrogens with one attached hydrogen (secondary N) is 1. The van der Waals surface area contributed by atoms with Crippen LogP contribution in [0.15, 0.2) is 35.7 Å². The Hall–Kier alpha value is -2.29. The molecule has 2 rings (SSSR count). The van der Waals surface area contributed by atoms with E-state index in [1.165, 1.54) is 0 Å². The predicted molar refractivity (Wildman–Crippen MR) is 84.4 cm³/mol. The molecule has 0 unspecified atom stereocenters. The van der Waals surface area contributed by atoms with Crippen molar-refractivity contribution in [2.75, 3.05) is 13.7 Å². The van der Waals surface area contributed by atoms with Crippen LogP contribution in [0.1, 0.15) is 20.8 Å². The molecule has 1 aromatic carbocycles. The molecule has 21 heavy (non-hydrogen) atoms. The normalized spacial score (nSPS) is 9.62. The van der Waals surface area contributed by atoms with Gasteiger partial charge in [0.1, 0.15) is 5.75 Å². The average molecular weight is 300 g/mol. The summed E-state index contributed by atoms with van der Waals surface area (Å²) < 4.78 is 5.19. The Labute approximate surface area is 127 Å². The first kappa shape index (κ1) is 15.1. The Morgan fingerprint density at radius 1 is 1.38 bits per heavy atom. The van der Waals surface area contributed by atoms with Gasteiger partial charge in [0.25, 0.3) is 5.91 Å². The van der Waals surface area contributed by atoms with Gasteiger partial charge in [0, 0.05) is 10.4 Å². The molecule has 1 heterocycles. The summed E-state index contributed by atoms with van der Waals surface area (Å²) in [5, 5.41) is 4.83. The maximum atomic E-state index is 12.2. The number of methoxy groups -OCH3 is 1. The SMILES string of the molecule is COc1ccccc1C(=O)NCc1sccc1C#CCN. The molecule has 0 saturated heterocycles. The van der Waals surface area contributed by atoms with Crippen LogP contribution in [0.4, 0.5) is 0 Å². The van der Waals surface area contributed by atoms with Crippen molar-refractivity contribution in [3.05, 3.63) is 51.7 Å². The minimum atomic E-state index is -0.168. The number of para-hydroxylation sites is 1. The number of rotatable bonds is 4. The summed E-state index contributed by atoms with van der Waals surface area (Å²) in [6.45, 7) is 0.756. The topological polar surface area (TPSA) is 64.3 Å². The zero-order valence-electron chi connectivity index (χ0n) is 11.7. The van der Waals surface area contributed by atoms with Gasteiger partial charge in [-0.3, -0.25) is 4.79 Å². The van der Waals surface area contributed by atoms with Crippen LogP contribution in [0.25, 0.3) is 0 Å². The van der Waals surface area contributed by atoms with Crippen molar-refractivity contribution in [3.8, 4) is 17.6 Å². The summed E-state index contributed by atoms with van der Waals surface area (Å²) in [4.78, 5) is 13.2. The maximum absolute atomic E-state index is 12.2. The van der Waals surface area contributed by atoms with Gasteiger partial charge < -0.3 is 15.8 Å². The number of benzene rings is 1. The number of carbonyl (C=O) groups is 1. The minimum Gasteiger partial charge on any atom is -0.496 e. The number of carbonyl (C=O) groups excluding carboxylic acids is 1. The first-order valence-electron chi connectivity index (χ1n) is 6.42. The highest BCUT2D eigenvalue weighted by Gasteiger charge is 2.12. The van der Waals surface area contributed by atoms with E-state index in [1.807, 2.05) is 17.5 Å². The standard InChI is InChI=1S/C16H16N2O2S/c1-20-14-7-3-2-6-13(14)16(19)18-11-15-12(5-4-9-17)8-10-21-15/h2-3,6-8,10H,9,11,17H2,1H3,(H,18,19). The zero-order chi connectivity index (χ0) is 15.1. The van der Waals surface area contributed by atoms with Crippen LogP contribution >= 0.6 is 11.3 Å². The van der Waals surface area contributed by atoms with E-state index >= 15 is 0 Å². The van der Waals surface area contributed by atoms with Crippen LogP contribution in [0, 0.1) is 11.8 Å². The van der Waals surface area contributed by atoms with Crippen LogP contribution in [0.3, 0.4) is 0 Å². The van der Waals surface area contributed by atoms with Crippen molar-refractivity contribution in [1.82, 2.24) is 5.32 Å². The fraction of sp³-hybridized carbons (Fsp3) is 0.188. The van der Waals surface area contributed by atoms with Gasteiger partial charge in [0.15, 0.2) is 0 Å². The zero-order valence-corrected chi connectivity index (χ0v) is 12.5. The van der Waals surface area contributed by atoms with Gasteiger partial charge in [-0.1, -0.05) is 24.0 Å². The van der Waals surface area contributed by atoms with Gasteiger partial charge >= 0.3 is 0 Å². The predicted octanol–water partition coefficient (Wildman–Crippen LogP) is 2.00. The van der Waals surface area contributed by atoms with Gasteiger partial charge in [0.05, 0.1) is 25.8 Å². The Bertz CT molecular complexity index is 683. The molecule has 2 aromatic rings. The largest absolute Gasteiger partial charge is 0.496 e. The monoisotopic (exact) mass is 300 g/mol. The molecule has 0 fully saturated rings. The van der Waals surface area contributed by atoms with Crippen molar-refractivity contribution in [1.29, 1.82) is 0 Å². The Morgan fingerprint density at radius 2 is 2.19 bits per heavy atom. The molecular formula is C16H16N2O2S. The van der Waals surface area contributed by atoms with Gasteiger partial charge in [-0.2, -0.15) is 0 Å². The van der Waals surface area contributed by atoms with Crippen LogP contribution in [0.2, 0.25) is 0 Å². The van der Waals surface area contributed by atoms with Crippen molar-refractivity contribution < 1.29 is 9.53 Å². The first-order chi connectivity index (χ1) is 10.3. The van der Waals surface area contributed by atoms with Crippen molar-refractivity contribution in [2.24, 2.45) is 5.73 Å². The molecule has 4 nitrogen and oxygen atoms in total. The highest BCUT2D eigenvalue weighted by molar-refractivity contribution is 7.10. The van der Waals surface area contributed by atoms with E-state index in [4.69, 9.17) is 10.5 Å². The highest BCUT2D eigenvalue weighted by Crippen LogP contribution is 2.18. The van der Waals surface area contributed by atoms with Crippen molar-refractivity contribution in [2.45, 2.75) is 6.54 Å². The number of hydrogen-bond donors (Lipinski definition) is 2. The fourth-order valence-electron chi connectivity index (χ4n) is 1.82. The number of hydrogen-bond acceptors (Lipinski definition) is 4. The van der Waals surface area contributed by atoms with Gasteiger partial charge in [-0.05, 0) is 23.6 Å². The van der Waals surface area contributed by atoms with Gasteiger partial charge in [-0.25, -0.2) is 0 Å². The van der Waals surface area contributed by atoms with Crippen LogP contribution in [-0.2, 0) is 6.54 Å².